The quantitative estimate of drug-likeness (QED) is 0.230. The van der Waals surface area contributed by atoms with Crippen LogP contribution >= 0.6 is 11.8 Å². The predicted molar refractivity (Wildman–Crippen MR) is 101 cm³/mol. The van der Waals surface area contributed by atoms with E-state index < -0.39 is 59.7 Å². The molecule has 0 aromatic rings. The van der Waals surface area contributed by atoms with Crippen LogP contribution in [0.1, 0.15) is 13.3 Å². The summed E-state index contributed by atoms with van der Waals surface area (Å²) in [6, 6.07) is 0. The fraction of sp³-hybridized carbons (Fsp3) is 0.941. The van der Waals surface area contributed by atoms with E-state index in [2.05, 4.69) is 5.32 Å². The van der Waals surface area contributed by atoms with Gasteiger partial charge in [0, 0.05) is 27.7 Å². The fourth-order valence-electron chi connectivity index (χ4n) is 3.58. The molecular weight excluding hydrogens is 410 g/mol. The number of hydrogen-bond acceptors (Lipinski definition) is 11. The molecule has 1 amide bonds. The van der Waals surface area contributed by atoms with Crippen LogP contribution in [0.2, 0.25) is 0 Å². The lowest BCUT2D eigenvalue weighted by atomic mass is 9.93. The summed E-state index contributed by atoms with van der Waals surface area (Å²) in [5, 5.41) is 52.3. The van der Waals surface area contributed by atoms with E-state index in [-0.39, 0.29) is 25.5 Å². The van der Waals surface area contributed by atoms with Crippen molar-refractivity contribution in [2.45, 2.75) is 66.4 Å². The number of nitrogens with one attached hydrogen (secondary N) is 1. The van der Waals surface area contributed by atoms with E-state index >= 15 is 0 Å². The molecule has 2 rings (SSSR count). The van der Waals surface area contributed by atoms with Crippen molar-refractivity contribution in [3.63, 3.8) is 0 Å². The molecule has 0 bridgehead atoms. The average Bonchev–Trinajstić information content (AvgIpc) is 2.72. The minimum absolute atomic E-state index is 0.0541. The fourth-order valence-corrected chi connectivity index (χ4v) is 5.22. The Hall–Kier alpha value is -0.540. The van der Waals surface area contributed by atoms with Crippen LogP contribution in [0.4, 0.5) is 0 Å². The molecule has 170 valence electrons. The van der Waals surface area contributed by atoms with E-state index in [1.54, 1.807) is 0 Å². The zero-order valence-electron chi connectivity index (χ0n) is 16.6. The summed E-state index contributed by atoms with van der Waals surface area (Å²) in [5.74, 6) is -0.299. The Morgan fingerprint density at radius 2 is 1.72 bits per heavy atom. The Balaban J connectivity index is 2.33. The number of ether oxygens (including phenoxy) is 4. The lowest BCUT2D eigenvalue weighted by Crippen LogP contribution is -2.63. The number of amides is 1. The highest BCUT2D eigenvalue weighted by Gasteiger charge is 2.54. The van der Waals surface area contributed by atoms with Crippen LogP contribution in [-0.2, 0) is 23.7 Å². The van der Waals surface area contributed by atoms with Crippen molar-refractivity contribution < 1.29 is 49.3 Å². The van der Waals surface area contributed by atoms with Crippen molar-refractivity contribution in [3.05, 3.63) is 0 Å². The summed E-state index contributed by atoms with van der Waals surface area (Å²) in [7, 11) is 2.87. The number of carbonyl (C=O) groups is 1. The summed E-state index contributed by atoms with van der Waals surface area (Å²) in [5.41, 5.74) is -1.07. The van der Waals surface area contributed by atoms with Gasteiger partial charge in [-0.2, -0.15) is 0 Å². The number of rotatable bonds is 8. The van der Waals surface area contributed by atoms with Crippen molar-refractivity contribution in [1.29, 1.82) is 0 Å². The molecule has 6 N–H and O–H groups in total. The highest BCUT2D eigenvalue weighted by Crippen LogP contribution is 2.46. The molecular formula is C17H31NO10S. The maximum absolute atomic E-state index is 11.6. The van der Waals surface area contributed by atoms with Gasteiger partial charge in [-0.05, 0) is 6.42 Å². The van der Waals surface area contributed by atoms with Crippen LogP contribution < -0.4 is 5.32 Å². The lowest BCUT2D eigenvalue weighted by molar-refractivity contribution is -0.240. The highest BCUT2D eigenvalue weighted by molar-refractivity contribution is 8.01. The molecule has 2 heterocycles. The van der Waals surface area contributed by atoms with E-state index in [9.17, 15) is 30.3 Å². The first-order valence-electron chi connectivity index (χ1n) is 9.27. The number of methoxy groups -OCH3 is 2. The third-order valence-corrected chi connectivity index (χ3v) is 6.82. The Labute approximate surface area is 173 Å². The molecule has 12 heteroatoms. The largest absolute Gasteiger partial charge is 0.394 e. The Morgan fingerprint density at radius 3 is 2.24 bits per heavy atom. The molecule has 0 radical (unpaired) electrons. The monoisotopic (exact) mass is 441 g/mol. The van der Waals surface area contributed by atoms with Crippen LogP contribution in [0.15, 0.2) is 0 Å². The topological polar surface area (TPSA) is 167 Å². The summed E-state index contributed by atoms with van der Waals surface area (Å²) in [4.78, 5) is 11.6. The highest BCUT2D eigenvalue weighted by atomic mass is 32.2. The first-order chi connectivity index (χ1) is 13.7. The van der Waals surface area contributed by atoms with Crippen molar-refractivity contribution in [2.75, 3.05) is 34.0 Å². The maximum atomic E-state index is 11.6. The third kappa shape index (κ3) is 5.39. The molecule has 1 unspecified atom stereocenters. The second kappa shape index (κ2) is 10.7. The van der Waals surface area contributed by atoms with Crippen molar-refractivity contribution in [2.24, 2.45) is 0 Å². The van der Waals surface area contributed by atoms with Gasteiger partial charge in [0.25, 0.3) is 0 Å². The number of aliphatic hydroxyl groups excluding tert-OH is 5. The van der Waals surface area contributed by atoms with Crippen LogP contribution in [0.3, 0.4) is 0 Å². The average molecular weight is 441 g/mol. The standard InChI is InChI=1S/C17H31NO10S/c1-8(21)18-7-17(4-9(25-2)10(5-19)28-16(17)26-3)29-15-14(24)13(23)12(22)11(6-20)27-15/h9-16,19-20,22-24H,4-7H2,1-3H3,(H,18,21)/t9-,10+,11+,12+,13-,14+,15-,16?,17-/m0/s1. The molecule has 29 heavy (non-hydrogen) atoms. The first-order valence-corrected chi connectivity index (χ1v) is 10.2. The van der Waals surface area contributed by atoms with Gasteiger partial charge in [0.15, 0.2) is 6.29 Å². The molecule has 0 spiro atoms. The van der Waals surface area contributed by atoms with Crippen molar-refractivity contribution >= 4 is 17.7 Å². The molecule has 0 saturated carbocycles. The SMILES string of the molecule is COC1O[C@H](CO)[C@@H](OC)C[C@@]1(CNC(C)=O)S[C@@H]1O[C@H](CO)[C@@H](O)[C@H](O)[C@H]1O. The Morgan fingerprint density at radius 1 is 1.07 bits per heavy atom. The van der Waals surface area contributed by atoms with Crippen molar-refractivity contribution in [1.82, 2.24) is 5.32 Å². The van der Waals surface area contributed by atoms with Gasteiger partial charge in [-0.15, -0.1) is 11.8 Å². The van der Waals surface area contributed by atoms with Gasteiger partial charge in [0.2, 0.25) is 5.91 Å². The van der Waals surface area contributed by atoms with Crippen LogP contribution in [0.5, 0.6) is 0 Å². The smallest absolute Gasteiger partial charge is 0.216 e. The maximum Gasteiger partial charge on any atom is 0.216 e. The zero-order chi connectivity index (χ0) is 21.8. The minimum Gasteiger partial charge on any atom is -0.394 e. The molecule has 2 aliphatic rings. The van der Waals surface area contributed by atoms with Gasteiger partial charge < -0.3 is 49.8 Å². The number of carbonyl (C=O) groups excluding carboxylic acids is 1. The van der Waals surface area contributed by atoms with E-state index in [1.165, 1.54) is 21.1 Å². The van der Waals surface area contributed by atoms with Gasteiger partial charge in [-0.3, -0.25) is 4.79 Å². The summed E-state index contributed by atoms with van der Waals surface area (Å²) >= 11 is 1.05. The number of hydrogen-bond donors (Lipinski definition) is 6. The van der Waals surface area contributed by atoms with Crippen LogP contribution in [0.25, 0.3) is 0 Å². The molecule has 2 aliphatic heterocycles. The molecule has 2 saturated heterocycles. The molecule has 11 nitrogen and oxygen atoms in total. The summed E-state index contributed by atoms with van der Waals surface area (Å²) in [6.45, 7) is 0.540. The minimum atomic E-state index is -1.54. The zero-order valence-corrected chi connectivity index (χ0v) is 17.4. The van der Waals surface area contributed by atoms with Crippen molar-refractivity contribution in [3.8, 4) is 0 Å². The number of thioether (sulfide) groups is 1. The van der Waals surface area contributed by atoms with E-state index in [0.29, 0.717) is 0 Å². The first kappa shape index (κ1) is 24.7. The molecule has 0 aromatic heterocycles. The molecule has 0 aromatic carbocycles. The second-order valence-electron chi connectivity index (χ2n) is 7.19. The van der Waals surface area contributed by atoms with Gasteiger partial charge in [-0.25, -0.2) is 0 Å². The van der Waals surface area contributed by atoms with Gasteiger partial charge in [-0.1, -0.05) is 0 Å². The van der Waals surface area contributed by atoms with Gasteiger partial charge >= 0.3 is 0 Å². The van der Waals surface area contributed by atoms with Gasteiger partial charge in [0.1, 0.15) is 36.0 Å². The summed E-state index contributed by atoms with van der Waals surface area (Å²) < 4.78 is 21.4. The molecule has 2 fully saturated rings. The second-order valence-corrected chi connectivity index (χ2v) is 8.71. The molecule has 9 atom stereocenters. The Bertz CT molecular complexity index is 540. The normalized spacial score (nSPS) is 43.2. The van der Waals surface area contributed by atoms with E-state index in [1.807, 2.05) is 0 Å². The van der Waals surface area contributed by atoms with E-state index in [0.717, 1.165) is 11.8 Å². The molecule has 0 aliphatic carbocycles. The third-order valence-electron chi connectivity index (χ3n) is 5.22. The number of aliphatic hydroxyl groups is 5. The summed E-state index contributed by atoms with van der Waals surface area (Å²) in [6.07, 6.45) is -7.43. The Kier molecular flexibility index (Phi) is 9.09. The van der Waals surface area contributed by atoms with Crippen LogP contribution in [0, 0.1) is 0 Å². The predicted octanol–water partition coefficient (Wildman–Crippen LogP) is -2.84. The van der Waals surface area contributed by atoms with Crippen LogP contribution in [-0.4, -0.2) is 119 Å². The lowest BCUT2D eigenvalue weighted by Gasteiger charge is -2.50. The van der Waals surface area contributed by atoms with E-state index in [4.69, 9.17) is 18.9 Å². The van der Waals surface area contributed by atoms with Gasteiger partial charge in [0.05, 0.1) is 24.1 Å².